The summed E-state index contributed by atoms with van der Waals surface area (Å²) in [5.41, 5.74) is 0. The third-order valence-electron chi connectivity index (χ3n) is 4.42. The summed E-state index contributed by atoms with van der Waals surface area (Å²) < 4.78 is 0. The van der Waals surface area contributed by atoms with Gasteiger partial charge < -0.3 is 20.2 Å². The lowest BCUT2D eigenvalue weighted by Gasteiger charge is -2.29. The van der Waals surface area contributed by atoms with Crippen LogP contribution in [-0.2, 0) is 4.79 Å². The van der Waals surface area contributed by atoms with Gasteiger partial charge in [0.25, 0.3) is 0 Å². The Kier molecular flexibility index (Phi) is 4.86. The van der Waals surface area contributed by atoms with Crippen LogP contribution >= 0.6 is 0 Å². The summed E-state index contributed by atoms with van der Waals surface area (Å²) in [5.74, 6) is -1.04. The van der Waals surface area contributed by atoms with E-state index in [1.54, 1.807) is 0 Å². The van der Waals surface area contributed by atoms with Gasteiger partial charge in [0.05, 0.1) is 5.92 Å². The number of nitrogens with zero attached hydrogens (tertiary/aromatic N) is 2. The number of rotatable bonds is 2. The van der Waals surface area contributed by atoms with Crippen LogP contribution in [0.2, 0.25) is 0 Å². The lowest BCUT2D eigenvalue weighted by atomic mass is 10.1. The molecular weight excluding hydrogens is 258 g/mol. The summed E-state index contributed by atoms with van der Waals surface area (Å²) in [6.45, 7) is 4.73. The second kappa shape index (κ2) is 6.43. The van der Waals surface area contributed by atoms with E-state index in [4.69, 9.17) is 5.11 Å². The number of hydrogen-bond donors (Lipinski definition) is 2. The summed E-state index contributed by atoms with van der Waals surface area (Å²) in [6.07, 6.45) is 2.98. The minimum Gasteiger partial charge on any atom is -0.481 e. The predicted molar refractivity (Wildman–Crippen MR) is 75.6 cm³/mol. The van der Waals surface area contributed by atoms with Gasteiger partial charge in [-0.25, -0.2) is 4.79 Å². The highest BCUT2D eigenvalue weighted by molar-refractivity contribution is 5.75. The molecule has 0 aromatic heterocycles. The third-order valence-corrected chi connectivity index (χ3v) is 4.42. The summed E-state index contributed by atoms with van der Waals surface area (Å²) in [4.78, 5) is 27.4. The third kappa shape index (κ3) is 3.62. The van der Waals surface area contributed by atoms with Crippen molar-refractivity contribution in [3.05, 3.63) is 0 Å². The molecule has 3 atom stereocenters. The van der Waals surface area contributed by atoms with Crippen molar-refractivity contribution in [2.24, 2.45) is 5.92 Å². The molecule has 2 rings (SSSR count). The van der Waals surface area contributed by atoms with E-state index in [9.17, 15) is 9.59 Å². The van der Waals surface area contributed by atoms with Gasteiger partial charge in [0, 0.05) is 25.2 Å². The molecule has 6 heteroatoms. The van der Waals surface area contributed by atoms with E-state index >= 15 is 0 Å². The van der Waals surface area contributed by atoms with Crippen LogP contribution in [0.3, 0.4) is 0 Å². The highest BCUT2D eigenvalue weighted by atomic mass is 16.4. The molecule has 2 amide bonds. The van der Waals surface area contributed by atoms with Gasteiger partial charge in [0.2, 0.25) is 0 Å². The van der Waals surface area contributed by atoms with Gasteiger partial charge >= 0.3 is 12.0 Å². The van der Waals surface area contributed by atoms with Crippen LogP contribution in [0.5, 0.6) is 0 Å². The number of likely N-dealkylation sites (N-methyl/N-ethyl adjacent to an activating group) is 1. The van der Waals surface area contributed by atoms with Crippen molar-refractivity contribution in [1.29, 1.82) is 0 Å². The Labute approximate surface area is 120 Å². The zero-order chi connectivity index (χ0) is 14.7. The molecule has 0 bridgehead atoms. The summed E-state index contributed by atoms with van der Waals surface area (Å²) in [5, 5.41) is 12.0. The molecule has 1 aliphatic heterocycles. The second-order valence-corrected chi connectivity index (χ2v) is 6.15. The first-order chi connectivity index (χ1) is 9.47. The van der Waals surface area contributed by atoms with Gasteiger partial charge in [-0.2, -0.15) is 0 Å². The molecule has 2 aliphatic rings. The molecule has 1 aliphatic carbocycles. The normalized spacial score (nSPS) is 31.9. The van der Waals surface area contributed by atoms with Crippen molar-refractivity contribution in [3.8, 4) is 0 Å². The van der Waals surface area contributed by atoms with E-state index in [0.717, 1.165) is 32.5 Å². The van der Waals surface area contributed by atoms with Crippen molar-refractivity contribution in [1.82, 2.24) is 15.1 Å². The first-order valence-electron chi connectivity index (χ1n) is 7.46. The SMILES string of the molecule is CC1CN(C)CCCN1C(=O)N[C@H]1CC[C@@H](C(=O)O)C1. The fraction of sp³-hybridized carbons (Fsp3) is 0.857. The van der Waals surface area contributed by atoms with Crippen molar-refractivity contribution in [3.63, 3.8) is 0 Å². The van der Waals surface area contributed by atoms with E-state index in [1.165, 1.54) is 0 Å². The van der Waals surface area contributed by atoms with Crippen LogP contribution in [0.1, 0.15) is 32.6 Å². The maximum Gasteiger partial charge on any atom is 0.317 e. The van der Waals surface area contributed by atoms with Crippen molar-refractivity contribution in [2.75, 3.05) is 26.7 Å². The van der Waals surface area contributed by atoms with E-state index in [-0.39, 0.29) is 24.0 Å². The standard InChI is InChI=1S/C14H25N3O3/c1-10-9-16(2)6-3-7-17(10)14(20)15-12-5-4-11(8-12)13(18)19/h10-12H,3-9H2,1-2H3,(H,15,20)(H,18,19)/t10?,11-,12+/m1/s1. The Morgan fingerprint density at radius 1 is 1.25 bits per heavy atom. The number of urea groups is 1. The van der Waals surface area contributed by atoms with E-state index in [0.29, 0.717) is 12.8 Å². The number of carbonyl (C=O) groups is 2. The molecule has 0 spiro atoms. The van der Waals surface area contributed by atoms with Crippen molar-refractivity contribution < 1.29 is 14.7 Å². The van der Waals surface area contributed by atoms with Crippen LogP contribution in [0, 0.1) is 5.92 Å². The molecular formula is C14H25N3O3. The lowest BCUT2D eigenvalue weighted by molar-refractivity contribution is -0.141. The minimum atomic E-state index is -0.744. The Morgan fingerprint density at radius 2 is 2.00 bits per heavy atom. The molecule has 6 nitrogen and oxygen atoms in total. The van der Waals surface area contributed by atoms with Gasteiger partial charge in [0.15, 0.2) is 0 Å². The average molecular weight is 283 g/mol. The zero-order valence-electron chi connectivity index (χ0n) is 12.3. The monoisotopic (exact) mass is 283 g/mol. The maximum atomic E-state index is 12.3. The minimum absolute atomic E-state index is 0.0109. The highest BCUT2D eigenvalue weighted by Crippen LogP contribution is 2.26. The molecule has 2 fully saturated rings. The van der Waals surface area contributed by atoms with Crippen molar-refractivity contribution in [2.45, 2.75) is 44.7 Å². The first-order valence-corrected chi connectivity index (χ1v) is 7.46. The van der Waals surface area contributed by atoms with Crippen molar-refractivity contribution >= 4 is 12.0 Å². The lowest BCUT2D eigenvalue weighted by Crippen LogP contribution is -2.49. The van der Waals surface area contributed by atoms with Crippen LogP contribution in [-0.4, -0.2) is 65.7 Å². The number of hydrogen-bond acceptors (Lipinski definition) is 3. The predicted octanol–water partition coefficient (Wildman–Crippen LogP) is 0.975. The van der Waals surface area contributed by atoms with Gasteiger partial charge in [0.1, 0.15) is 0 Å². The number of carbonyl (C=O) groups excluding carboxylic acids is 1. The summed E-state index contributed by atoms with van der Waals surface area (Å²) >= 11 is 0. The Balaban J connectivity index is 1.86. The van der Waals surface area contributed by atoms with Crippen LogP contribution < -0.4 is 5.32 Å². The molecule has 0 aromatic rings. The van der Waals surface area contributed by atoms with Crippen LogP contribution in [0.15, 0.2) is 0 Å². The number of nitrogens with one attached hydrogen (secondary N) is 1. The number of aliphatic carboxylic acids is 1. The topological polar surface area (TPSA) is 72.9 Å². The van der Waals surface area contributed by atoms with Crippen LogP contribution in [0.4, 0.5) is 4.79 Å². The number of carboxylic acid groups (broad SMARTS) is 1. The number of amides is 2. The molecule has 0 radical (unpaired) electrons. The fourth-order valence-electron chi connectivity index (χ4n) is 3.27. The maximum absolute atomic E-state index is 12.3. The molecule has 2 N–H and O–H groups in total. The smallest absolute Gasteiger partial charge is 0.317 e. The molecule has 20 heavy (non-hydrogen) atoms. The van der Waals surface area contributed by atoms with E-state index in [2.05, 4.69) is 24.2 Å². The highest BCUT2D eigenvalue weighted by Gasteiger charge is 2.32. The van der Waals surface area contributed by atoms with E-state index in [1.807, 2.05) is 4.90 Å². The van der Waals surface area contributed by atoms with Gasteiger partial charge in [-0.3, -0.25) is 4.79 Å². The molecule has 0 aromatic carbocycles. The zero-order valence-corrected chi connectivity index (χ0v) is 12.3. The Bertz CT molecular complexity index is 375. The molecule has 1 heterocycles. The average Bonchev–Trinajstić information content (AvgIpc) is 2.75. The summed E-state index contributed by atoms with van der Waals surface area (Å²) in [7, 11) is 2.08. The number of carboxylic acids is 1. The van der Waals surface area contributed by atoms with Gasteiger partial charge in [-0.15, -0.1) is 0 Å². The molecule has 1 saturated carbocycles. The van der Waals surface area contributed by atoms with Crippen LogP contribution in [0.25, 0.3) is 0 Å². The van der Waals surface area contributed by atoms with E-state index < -0.39 is 5.97 Å². The first kappa shape index (κ1) is 15.1. The van der Waals surface area contributed by atoms with Gasteiger partial charge in [-0.1, -0.05) is 0 Å². The van der Waals surface area contributed by atoms with Gasteiger partial charge in [-0.05, 0) is 46.2 Å². The second-order valence-electron chi connectivity index (χ2n) is 6.15. The summed E-state index contributed by atoms with van der Waals surface area (Å²) in [6, 6.07) is 0.166. The Morgan fingerprint density at radius 3 is 2.65 bits per heavy atom. The fourth-order valence-corrected chi connectivity index (χ4v) is 3.27. The Hall–Kier alpha value is -1.30. The molecule has 114 valence electrons. The largest absolute Gasteiger partial charge is 0.481 e. The quantitative estimate of drug-likeness (QED) is 0.792. The molecule has 1 saturated heterocycles. The molecule has 1 unspecified atom stereocenters.